The smallest absolute Gasteiger partial charge is 0.210 e. The third-order valence-electron chi connectivity index (χ3n) is 3.02. The van der Waals surface area contributed by atoms with Crippen LogP contribution in [0.1, 0.15) is 6.42 Å². The Morgan fingerprint density at radius 3 is 2.50 bits per heavy atom. The standard InChI is InChI=1S/C17H17N3O2S2/c21-11-4-12-23-17-20-19-16(24-17)18-13-7-9-15(10-8-13)22-14-5-2-1-3-6-14/h1-3,5-10,21H,4,11-12H2,(H,18,19). The van der Waals surface area contributed by atoms with Crippen molar-refractivity contribution in [1.82, 2.24) is 10.2 Å². The molecule has 2 N–H and O–H groups in total. The topological polar surface area (TPSA) is 67.3 Å². The first kappa shape index (κ1) is 16.8. The van der Waals surface area contributed by atoms with Crippen molar-refractivity contribution in [2.75, 3.05) is 17.7 Å². The molecule has 0 atom stereocenters. The normalized spacial score (nSPS) is 10.5. The number of para-hydroxylation sites is 1. The van der Waals surface area contributed by atoms with Gasteiger partial charge in [0.2, 0.25) is 5.13 Å². The van der Waals surface area contributed by atoms with E-state index in [-0.39, 0.29) is 6.61 Å². The highest BCUT2D eigenvalue weighted by atomic mass is 32.2. The van der Waals surface area contributed by atoms with Crippen LogP contribution in [0.4, 0.5) is 10.8 Å². The van der Waals surface area contributed by atoms with Crippen LogP contribution >= 0.6 is 23.1 Å². The second kappa shape index (κ2) is 8.68. The number of benzene rings is 2. The van der Waals surface area contributed by atoms with Crippen LogP contribution in [-0.4, -0.2) is 27.7 Å². The van der Waals surface area contributed by atoms with Crippen LogP contribution in [0.25, 0.3) is 0 Å². The lowest BCUT2D eigenvalue weighted by Gasteiger charge is -2.06. The van der Waals surface area contributed by atoms with Gasteiger partial charge in [-0.15, -0.1) is 10.2 Å². The summed E-state index contributed by atoms with van der Waals surface area (Å²) in [4.78, 5) is 0. The van der Waals surface area contributed by atoms with E-state index >= 15 is 0 Å². The summed E-state index contributed by atoms with van der Waals surface area (Å²) in [5.74, 6) is 2.44. The minimum absolute atomic E-state index is 0.203. The Bertz CT molecular complexity index is 748. The summed E-state index contributed by atoms with van der Waals surface area (Å²) in [5.41, 5.74) is 0.929. The molecule has 0 aliphatic rings. The van der Waals surface area contributed by atoms with Crippen LogP contribution in [-0.2, 0) is 0 Å². The first-order valence-electron chi connectivity index (χ1n) is 7.50. The zero-order valence-corrected chi connectivity index (χ0v) is 14.5. The van der Waals surface area contributed by atoms with E-state index in [0.29, 0.717) is 0 Å². The van der Waals surface area contributed by atoms with E-state index in [9.17, 15) is 0 Å². The van der Waals surface area contributed by atoms with E-state index in [1.807, 2.05) is 54.6 Å². The number of rotatable bonds is 8. The summed E-state index contributed by atoms with van der Waals surface area (Å²) in [7, 11) is 0. The molecule has 2 aromatic carbocycles. The van der Waals surface area contributed by atoms with E-state index in [1.54, 1.807) is 11.8 Å². The monoisotopic (exact) mass is 359 g/mol. The third-order valence-corrected chi connectivity index (χ3v) is 5.08. The summed E-state index contributed by atoms with van der Waals surface area (Å²) in [6.07, 6.45) is 0.760. The largest absolute Gasteiger partial charge is 0.457 e. The maximum Gasteiger partial charge on any atom is 0.210 e. The minimum Gasteiger partial charge on any atom is -0.457 e. The molecule has 0 aliphatic carbocycles. The average molecular weight is 359 g/mol. The molecule has 3 rings (SSSR count). The number of thioether (sulfide) groups is 1. The molecule has 0 radical (unpaired) electrons. The van der Waals surface area contributed by atoms with Crippen molar-refractivity contribution < 1.29 is 9.84 Å². The van der Waals surface area contributed by atoms with Gasteiger partial charge in [0.15, 0.2) is 4.34 Å². The Kier molecular flexibility index (Phi) is 6.06. The fraction of sp³-hybridized carbons (Fsp3) is 0.176. The lowest BCUT2D eigenvalue weighted by atomic mass is 10.3. The van der Waals surface area contributed by atoms with Gasteiger partial charge < -0.3 is 15.2 Å². The molecular formula is C17H17N3O2S2. The average Bonchev–Trinajstić information content (AvgIpc) is 3.05. The van der Waals surface area contributed by atoms with Gasteiger partial charge in [-0.25, -0.2) is 0 Å². The maximum absolute atomic E-state index is 8.79. The first-order chi connectivity index (χ1) is 11.8. The Morgan fingerprint density at radius 2 is 1.75 bits per heavy atom. The van der Waals surface area contributed by atoms with Gasteiger partial charge in [-0.05, 0) is 42.8 Å². The molecule has 0 bridgehead atoms. The Hall–Kier alpha value is -2.09. The van der Waals surface area contributed by atoms with Crippen molar-refractivity contribution in [1.29, 1.82) is 0 Å². The number of aliphatic hydroxyl groups is 1. The van der Waals surface area contributed by atoms with Gasteiger partial charge in [-0.3, -0.25) is 0 Å². The van der Waals surface area contributed by atoms with Gasteiger partial charge in [0.1, 0.15) is 11.5 Å². The van der Waals surface area contributed by atoms with E-state index in [1.165, 1.54) is 11.3 Å². The van der Waals surface area contributed by atoms with Gasteiger partial charge in [-0.1, -0.05) is 41.3 Å². The summed E-state index contributed by atoms with van der Waals surface area (Å²) in [6.45, 7) is 0.203. The summed E-state index contributed by atoms with van der Waals surface area (Å²) < 4.78 is 6.66. The molecular weight excluding hydrogens is 342 g/mol. The second-order valence-electron chi connectivity index (χ2n) is 4.86. The predicted molar refractivity (Wildman–Crippen MR) is 98.6 cm³/mol. The van der Waals surface area contributed by atoms with Crippen molar-refractivity contribution in [2.45, 2.75) is 10.8 Å². The SMILES string of the molecule is OCCCSc1nnc(Nc2ccc(Oc3ccccc3)cc2)s1. The molecule has 0 aliphatic heterocycles. The highest BCUT2D eigenvalue weighted by Crippen LogP contribution is 2.29. The Balaban J connectivity index is 1.56. The molecule has 1 heterocycles. The first-order valence-corrected chi connectivity index (χ1v) is 9.31. The molecule has 0 amide bonds. The maximum atomic E-state index is 8.79. The number of nitrogens with one attached hydrogen (secondary N) is 1. The molecule has 5 nitrogen and oxygen atoms in total. The van der Waals surface area contributed by atoms with Gasteiger partial charge in [0, 0.05) is 18.0 Å². The van der Waals surface area contributed by atoms with Gasteiger partial charge in [-0.2, -0.15) is 0 Å². The quantitative estimate of drug-likeness (QED) is 0.454. The number of anilines is 2. The second-order valence-corrected chi connectivity index (χ2v) is 7.18. The number of aliphatic hydroxyl groups excluding tert-OH is 1. The molecule has 7 heteroatoms. The lowest BCUT2D eigenvalue weighted by Crippen LogP contribution is -1.90. The van der Waals surface area contributed by atoms with Crippen molar-refractivity contribution >= 4 is 33.9 Å². The number of nitrogens with zero attached hydrogens (tertiary/aromatic N) is 2. The Morgan fingerprint density at radius 1 is 1.00 bits per heavy atom. The van der Waals surface area contributed by atoms with Crippen LogP contribution in [0.3, 0.4) is 0 Å². The molecule has 3 aromatic rings. The summed E-state index contributed by atoms with van der Waals surface area (Å²) in [6, 6.07) is 17.4. The predicted octanol–water partition coefficient (Wildman–Crippen LogP) is 4.55. The molecule has 1 aromatic heterocycles. The van der Waals surface area contributed by atoms with Crippen LogP contribution in [0.5, 0.6) is 11.5 Å². The van der Waals surface area contributed by atoms with Gasteiger partial charge in [0.25, 0.3) is 0 Å². The van der Waals surface area contributed by atoms with Crippen molar-refractivity contribution in [2.24, 2.45) is 0 Å². The molecule has 124 valence electrons. The zero-order valence-electron chi connectivity index (χ0n) is 12.9. The molecule has 0 spiro atoms. The molecule has 0 fully saturated rings. The van der Waals surface area contributed by atoms with Gasteiger partial charge in [0.05, 0.1) is 0 Å². The summed E-state index contributed by atoms with van der Waals surface area (Å²) >= 11 is 3.11. The van der Waals surface area contributed by atoms with Crippen molar-refractivity contribution in [3.63, 3.8) is 0 Å². The molecule has 0 unspecified atom stereocenters. The lowest BCUT2D eigenvalue weighted by molar-refractivity contribution is 0.296. The van der Waals surface area contributed by atoms with E-state index in [0.717, 1.165) is 38.8 Å². The van der Waals surface area contributed by atoms with Crippen molar-refractivity contribution in [3.8, 4) is 11.5 Å². The number of hydrogen-bond donors (Lipinski definition) is 2. The van der Waals surface area contributed by atoms with Crippen LogP contribution < -0.4 is 10.1 Å². The third kappa shape index (κ3) is 4.95. The highest BCUT2D eigenvalue weighted by molar-refractivity contribution is 8.01. The molecule has 24 heavy (non-hydrogen) atoms. The number of aromatic nitrogens is 2. The molecule has 0 saturated carbocycles. The Labute approximate surface area is 148 Å². The fourth-order valence-electron chi connectivity index (χ4n) is 1.90. The zero-order chi connectivity index (χ0) is 16.6. The fourth-order valence-corrected chi connectivity index (χ4v) is 3.66. The van der Waals surface area contributed by atoms with Crippen LogP contribution in [0.2, 0.25) is 0 Å². The van der Waals surface area contributed by atoms with Crippen molar-refractivity contribution in [3.05, 3.63) is 54.6 Å². The number of hydrogen-bond acceptors (Lipinski definition) is 7. The van der Waals surface area contributed by atoms with Gasteiger partial charge >= 0.3 is 0 Å². The van der Waals surface area contributed by atoms with E-state index in [2.05, 4.69) is 15.5 Å². The molecule has 0 saturated heterocycles. The van der Waals surface area contributed by atoms with E-state index < -0.39 is 0 Å². The highest BCUT2D eigenvalue weighted by Gasteiger charge is 2.05. The number of ether oxygens (including phenoxy) is 1. The summed E-state index contributed by atoms with van der Waals surface area (Å²) in [5, 5.41) is 21.0. The minimum atomic E-state index is 0.203. The van der Waals surface area contributed by atoms with Crippen LogP contribution in [0, 0.1) is 0 Å². The van der Waals surface area contributed by atoms with Crippen LogP contribution in [0.15, 0.2) is 58.9 Å². The van der Waals surface area contributed by atoms with E-state index in [4.69, 9.17) is 9.84 Å².